The molecule has 7 N–H and O–H groups in total. The fourth-order valence-corrected chi connectivity index (χ4v) is 2.09. The maximum atomic E-state index is 9.82. The van der Waals surface area contributed by atoms with E-state index in [4.69, 9.17) is 5.73 Å². The first-order valence-corrected chi connectivity index (χ1v) is 7.13. The Labute approximate surface area is 138 Å². The molecular weight excluding hydrogens is 308 g/mol. The summed E-state index contributed by atoms with van der Waals surface area (Å²) in [6.45, 7) is 0. The minimum absolute atomic E-state index is 0.00691. The van der Waals surface area contributed by atoms with Crippen molar-refractivity contribution in [3.63, 3.8) is 0 Å². The van der Waals surface area contributed by atoms with E-state index in [0.29, 0.717) is 22.9 Å². The molecule has 0 radical (unpaired) electrons. The number of nitrogens with one attached hydrogen (secondary N) is 2. The molecule has 0 fully saturated rings. The zero-order valence-corrected chi connectivity index (χ0v) is 12.6. The lowest BCUT2D eigenvalue weighted by atomic mass is 10.2. The maximum absolute atomic E-state index is 9.82. The number of benzene rings is 2. The van der Waals surface area contributed by atoms with Gasteiger partial charge in [0.25, 0.3) is 0 Å². The minimum Gasteiger partial charge on any atom is -0.508 e. The van der Waals surface area contributed by atoms with E-state index in [9.17, 15) is 15.3 Å². The van der Waals surface area contributed by atoms with E-state index in [1.54, 1.807) is 48.5 Å². The molecule has 0 saturated heterocycles. The molecule has 0 saturated carbocycles. The molecule has 0 amide bonds. The van der Waals surface area contributed by atoms with Gasteiger partial charge in [0.15, 0.2) is 17.4 Å². The zero-order valence-electron chi connectivity index (χ0n) is 12.6. The second-order valence-electron chi connectivity index (χ2n) is 5.13. The van der Waals surface area contributed by atoms with E-state index in [1.165, 1.54) is 6.07 Å². The Balaban J connectivity index is 1.93. The number of phenolic OH excluding ortho intramolecular Hbond substituents is 2. The van der Waals surface area contributed by atoms with Gasteiger partial charge in [-0.1, -0.05) is 0 Å². The number of anilines is 5. The number of nitrogens with zero attached hydrogens (tertiary/aromatic N) is 1. The standard InChI is InChI=1S/C17H16N4O3/c18-16-15(24)9-14(19-10-1-5-12(22)6-2-10)17(21-16)20-11-3-7-13(23)8-4-11/h1-9,19,22-24H,(H3,18,20,21). The van der Waals surface area contributed by atoms with E-state index in [1.807, 2.05) is 0 Å². The van der Waals surface area contributed by atoms with Gasteiger partial charge >= 0.3 is 0 Å². The van der Waals surface area contributed by atoms with E-state index < -0.39 is 0 Å². The Hall–Kier alpha value is -3.61. The predicted octanol–water partition coefficient (Wildman–Crippen LogP) is 3.27. The Morgan fingerprint density at radius 3 is 1.79 bits per heavy atom. The normalized spacial score (nSPS) is 10.3. The van der Waals surface area contributed by atoms with Gasteiger partial charge in [0.1, 0.15) is 11.5 Å². The van der Waals surface area contributed by atoms with Crippen LogP contribution in [0, 0.1) is 0 Å². The van der Waals surface area contributed by atoms with Crippen LogP contribution in [-0.2, 0) is 0 Å². The number of nitrogens with two attached hydrogens (primary N) is 1. The van der Waals surface area contributed by atoms with Crippen molar-refractivity contribution in [1.29, 1.82) is 0 Å². The van der Waals surface area contributed by atoms with Gasteiger partial charge in [-0.15, -0.1) is 0 Å². The molecule has 0 unspecified atom stereocenters. The van der Waals surface area contributed by atoms with Gasteiger partial charge < -0.3 is 31.7 Å². The Bertz CT molecular complexity index is 776. The first-order chi connectivity index (χ1) is 11.5. The van der Waals surface area contributed by atoms with Gasteiger partial charge in [0.05, 0.1) is 5.69 Å². The Morgan fingerprint density at radius 2 is 1.25 bits per heavy atom. The van der Waals surface area contributed by atoms with Crippen LogP contribution in [0.25, 0.3) is 0 Å². The van der Waals surface area contributed by atoms with Crippen molar-refractivity contribution in [3.8, 4) is 17.2 Å². The SMILES string of the molecule is Nc1nc(Nc2ccc(O)cc2)c(Nc2ccc(O)cc2)cc1O. The fraction of sp³-hybridized carbons (Fsp3) is 0. The molecule has 7 heteroatoms. The molecule has 7 nitrogen and oxygen atoms in total. The third-order valence-corrected chi connectivity index (χ3v) is 3.31. The summed E-state index contributed by atoms with van der Waals surface area (Å²) in [5.41, 5.74) is 7.57. The van der Waals surface area contributed by atoms with Crippen molar-refractivity contribution >= 4 is 28.7 Å². The Morgan fingerprint density at radius 1 is 0.750 bits per heavy atom. The quantitative estimate of drug-likeness (QED) is 0.407. The first-order valence-electron chi connectivity index (χ1n) is 7.13. The van der Waals surface area contributed by atoms with Crippen molar-refractivity contribution in [2.75, 3.05) is 16.4 Å². The van der Waals surface area contributed by atoms with Crippen LogP contribution in [0.2, 0.25) is 0 Å². The lowest BCUT2D eigenvalue weighted by Crippen LogP contribution is -2.02. The zero-order chi connectivity index (χ0) is 17.1. The van der Waals surface area contributed by atoms with Gasteiger partial charge in [-0.3, -0.25) is 0 Å². The number of aromatic hydroxyl groups is 3. The molecular formula is C17H16N4O3. The molecule has 1 heterocycles. The van der Waals surface area contributed by atoms with Crippen LogP contribution in [0.3, 0.4) is 0 Å². The van der Waals surface area contributed by atoms with Crippen LogP contribution in [0.5, 0.6) is 17.2 Å². The number of phenols is 2. The van der Waals surface area contributed by atoms with Crippen LogP contribution in [0.1, 0.15) is 0 Å². The molecule has 0 atom stereocenters. The van der Waals surface area contributed by atoms with Crippen LogP contribution in [0.15, 0.2) is 54.6 Å². The van der Waals surface area contributed by atoms with Crippen molar-refractivity contribution in [2.24, 2.45) is 0 Å². The molecule has 24 heavy (non-hydrogen) atoms. The molecule has 2 aromatic carbocycles. The van der Waals surface area contributed by atoms with Crippen molar-refractivity contribution in [1.82, 2.24) is 4.98 Å². The number of hydrogen-bond acceptors (Lipinski definition) is 7. The molecule has 0 aliphatic heterocycles. The Kier molecular flexibility index (Phi) is 3.98. The molecule has 0 bridgehead atoms. The third-order valence-electron chi connectivity index (χ3n) is 3.31. The van der Waals surface area contributed by atoms with Gasteiger partial charge in [0, 0.05) is 17.4 Å². The summed E-state index contributed by atoms with van der Waals surface area (Å²) in [6, 6.07) is 14.4. The predicted molar refractivity (Wildman–Crippen MR) is 93.1 cm³/mol. The lowest BCUT2D eigenvalue weighted by Gasteiger charge is -2.15. The fourth-order valence-electron chi connectivity index (χ4n) is 2.09. The number of hydrogen-bond donors (Lipinski definition) is 6. The second kappa shape index (κ2) is 6.25. The van der Waals surface area contributed by atoms with Gasteiger partial charge in [-0.2, -0.15) is 0 Å². The molecule has 122 valence electrons. The highest BCUT2D eigenvalue weighted by Gasteiger charge is 2.10. The summed E-state index contributed by atoms with van der Waals surface area (Å²) in [5, 5.41) is 34.7. The summed E-state index contributed by atoms with van der Waals surface area (Å²) in [5.74, 6) is 0.562. The summed E-state index contributed by atoms with van der Waals surface area (Å²) >= 11 is 0. The highest BCUT2D eigenvalue weighted by atomic mass is 16.3. The topological polar surface area (TPSA) is 124 Å². The molecule has 0 aliphatic rings. The van der Waals surface area contributed by atoms with Crippen molar-refractivity contribution in [2.45, 2.75) is 0 Å². The average molecular weight is 324 g/mol. The molecule has 3 aromatic rings. The largest absolute Gasteiger partial charge is 0.508 e. The number of nitrogen functional groups attached to an aromatic ring is 1. The molecule has 1 aromatic heterocycles. The van der Waals surface area contributed by atoms with Crippen LogP contribution in [0.4, 0.5) is 28.7 Å². The lowest BCUT2D eigenvalue weighted by molar-refractivity contribution is 0.475. The van der Waals surface area contributed by atoms with Crippen molar-refractivity contribution < 1.29 is 15.3 Å². The number of aromatic nitrogens is 1. The van der Waals surface area contributed by atoms with Gasteiger partial charge in [-0.25, -0.2) is 4.98 Å². The monoisotopic (exact) mass is 324 g/mol. The van der Waals surface area contributed by atoms with E-state index in [2.05, 4.69) is 15.6 Å². The minimum atomic E-state index is -0.146. The molecule has 0 aliphatic carbocycles. The van der Waals surface area contributed by atoms with Crippen LogP contribution >= 0.6 is 0 Å². The van der Waals surface area contributed by atoms with Gasteiger partial charge in [0.2, 0.25) is 0 Å². The van der Waals surface area contributed by atoms with Crippen molar-refractivity contribution in [3.05, 3.63) is 54.6 Å². The molecule has 0 spiro atoms. The van der Waals surface area contributed by atoms with Crippen LogP contribution in [-0.4, -0.2) is 20.3 Å². The maximum Gasteiger partial charge on any atom is 0.168 e. The van der Waals surface area contributed by atoms with E-state index in [0.717, 1.165) is 0 Å². The smallest absolute Gasteiger partial charge is 0.168 e. The number of pyridine rings is 1. The summed E-state index contributed by atoms with van der Waals surface area (Å²) in [7, 11) is 0. The molecule has 3 rings (SSSR count). The summed E-state index contributed by atoms with van der Waals surface area (Å²) in [4.78, 5) is 4.15. The summed E-state index contributed by atoms with van der Waals surface area (Å²) in [6.07, 6.45) is 0. The van der Waals surface area contributed by atoms with E-state index >= 15 is 0 Å². The highest BCUT2D eigenvalue weighted by Crippen LogP contribution is 2.33. The summed E-state index contributed by atoms with van der Waals surface area (Å²) < 4.78 is 0. The second-order valence-corrected chi connectivity index (χ2v) is 5.13. The number of rotatable bonds is 4. The average Bonchev–Trinajstić information content (AvgIpc) is 2.56. The van der Waals surface area contributed by atoms with E-state index in [-0.39, 0.29) is 23.1 Å². The third kappa shape index (κ3) is 3.41. The van der Waals surface area contributed by atoms with Gasteiger partial charge in [-0.05, 0) is 48.5 Å². The highest BCUT2D eigenvalue weighted by molar-refractivity contribution is 5.78. The van der Waals surface area contributed by atoms with Crippen LogP contribution < -0.4 is 16.4 Å². The first kappa shape index (κ1) is 15.3.